The van der Waals surface area contributed by atoms with E-state index in [1.807, 2.05) is 12.1 Å². The molecule has 1 aromatic heterocycles. The number of carbonyl (C=O) groups is 2. The van der Waals surface area contributed by atoms with Crippen molar-refractivity contribution >= 4 is 34.6 Å². The number of aryl methyl sites for hydroxylation is 1. The molecular formula is C24H31N3O5S. The Morgan fingerprint density at radius 2 is 1.97 bits per heavy atom. The van der Waals surface area contributed by atoms with Crippen LogP contribution in [0.5, 0.6) is 11.5 Å². The lowest BCUT2D eigenvalue weighted by Gasteiger charge is -2.11. The van der Waals surface area contributed by atoms with E-state index in [-0.39, 0.29) is 0 Å². The van der Waals surface area contributed by atoms with Crippen molar-refractivity contribution in [3.05, 3.63) is 39.8 Å². The van der Waals surface area contributed by atoms with E-state index in [4.69, 9.17) is 14.2 Å². The van der Waals surface area contributed by atoms with E-state index in [0.29, 0.717) is 28.7 Å². The first-order valence-electron chi connectivity index (χ1n) is 11.2. The molecule has 0 aliphatic heterocycles. The van der Waals surface area contributed by atoms with Crippen LogP contribution >= 0.6 is 11.3 Å². The minimum Gasteiger partial charge on any atom is -0.493 e. The number of hydrazone groups is 1. The Hall–Kier alpha value is -3.07. The smallest absolute Gasteiger partial charge is 0.341 e. The number of anilines is 1. The van der Waals surface area contributed by atoms with Crippen molar-refractivity contribution < 1.29 is 23.8 Å². The van der Waals surface area contributed by atoms with E-state index in [9.17, 15) is 9.59 Å². The van der Waals surface area contributed by atoms with E-state index in [1.165, 1.54) is 24.7 Å². The van der Waals surface area contributed by atoms with Gasteiger partial charge in [0, 0.05) is 4.88 Å². The van der Waals surface area contributed by atoms with E-state index in [2.05, 4.69) is 22.8 Å². The van der Waals surface area contributed by atoms with Crippen molar-refractivity contribution in [2.45, 2.75) is 51.9 Å². The summed E-state index contributed by atoms with van der Waals surface area (Å²) in [5.41, 5.74) is 4.63. The molecule has 1 aliphatic rings. The Kier molecular flexibility index (Phi) is 9.12. The number of benzene rings is 1. The number of nitrogens with one attached hydrogen (secondary N) is 2. The van der Waals surface area contributed by atoms with Crippen LogP contribution in [0.1, 0.15) is 65.4 Å². The molecular weight excluding hydrogens is 442 g/mol. The third-order valence-electron chi connectivity index (χ3n) is 5.36. The van der Waals surface area contributed by atoms with Gasteiger partial charge in [0.1, 0.15) is 5.00 Å². The first kappa shape index (κ1) is 24.6. The van der Waals surface area contributed by atoms with Crippen LogP contribution in [-0.4, -0.2) is 39.0 Å². The molecule has 0 atom stereocenters. The van der Waals surface area contributed by atoms with Gasteiger partial charge in [-0.25, -0.2) is 15.0 Å². The van der Waals surface area contributed by atoms with Crippen LogP contribution in [0.3, 0.4) is 0 Å². The monoisotopic (exact) mass is 473 g/mol. The maximum Gasteiger partial charge on any atom is 0.341 e. The van der Waals surface area contributed by atoms with E-state index in [1.54, 1.807) is 13.2 Å². The zero-order chi connectivity index (χ0) is 23.6. The average molecular weight is 474 g/mol. The van der Waals surface area contributed by atoms with E-state index < -0.39 is 12.0 Å². The molecule has 0 unspecified atom stereocenters. The van der Waals surface area contributed by atoms with Crippen LogP contribution < -0.4 is 20.2 Å². The van der Waals surface area contributed by atoms with Gasteiger partial charge in [0.15, 0.2) is 11.5 Å². The summed E-state index contributed by atoms with van der Waals surface area (Å²) in [4.78, 5) is 25.8. The SMILES string of the molecule is CCCCCOc1ccc(C=NNC(=O)Nc2sc3c(c2C(=O)OC)CCCC3)cc1OC. The number of rotatable bonds is 10. The molecule has 1 heterocycles. The highest BCUT2D eigenvalue weighted by atomic mass is 32.1. The number of methoxy groups -OCH3 is 2. The molecule has 0 saturated carbocycles. The largest absolute Gasteiger partial charge is 0.493 e. The molecule has 8 nitrogen and oxygen atoms in total. The lowest BCUT2D eigenvalue weighted by Crippen LogP contribution is -2.24. The first-order valence-corrected chi connectivity index (χ1v) is 12.0. The van der Waals surface area contributed by atoms with Crippen molar-refractivity contribution in [2.75, 3.05) is 26.1 Å². The Morgan fingerprint density at radius 1 is 1.15 bits per heavy atom. The maximum atomic E-state index is 12.4. The fraction of sp³-hybridized carbons (Fsp3) is 0.458. The molecule has 1 aromatic carbocycles. The molecule has 0 saturated heterocycles. The molecule has 0 bridgehead atoms. The number of urea groups is 1. The van der Waals surface area contributed by atoms with Crippen LogP contribution in [0.25, 0.3) is 0 Å². The topological polar surface area (TPSA) is 98.2 Å². The summed E-state index contributed by atoms with van der Waals surface area (Å²) in [7, 11) is 2.93. The molecule has 178 valence electrons. The lowest BCUT2D eigenvalue weighted by molar-refractivity contribution is 0.0601. The highest BCUT2D eigenvalue weighted by Crippen LogP contribution is 2.38. The molecule has 33 heavy (non-hydrogen) atoms. The van der Waals surface area contributed by atoms with Gasteiger partial charge in [0.2, 0.25) is 0 Å². The number of hydrogen-bond donors (Lipinski definition) is 2. The number of esters is 1. The van der Waals surface area contributed by atoms with Crippen molar-refractivity contribution in [3.63, 3.8) is 0 Å². The number of thiophene rings is 1. The average Bonchev–Trinajstić information content (AvgIpc) is 3.19. The molecule has 0 spiro atoms. The number of amides is 2. The Bertz CT molecular complexity index is 1000. The normalized spacial score (nSPS) is 12.8. The summed E-state index contributed by atoms with van der Waals surface area (Å²) in [5.74, 6) is 0.845. The molecule has 1 aliphatic carbocycles. The van der Waals surface area contributed by atoms with Gasteiger partial charge in [-0.1, -0.05) is 19.8 Å². The minimum absolute atomic E-state index is 0.433. The fourth-order valence-electron chi connectivity index (χ4n) is 3.69. The predicted molar refractivity (Wildman–Crippen MR) is 130 cm³/mol. The number of carbonyl (C=O) groups excluding carboxylic acids is 2. The summed E-state index contributed by atoms with van der Waals surface area (Å²) in [5, 5.41) is 7.25. The second-order valence-corrected chi connectivity index (χ2v) is 8.80. The summed E-state index contributed by atoms with van der Waals surface area (Å²) in [6, 6.07) is 4.92. The zero-order valence-corrected chi connectivity index (χ0v) is 20.2. The highest BCUT2D eigenvalue weighted by Gasteiger charge is 2.26. The van der Waals surface area contributed by atoms with Crippen LogP contribution in [0.2, 0.25) is 0 Å². The Balaban J connectivity index is 1.61. The van der Waals surface area contributed by atoms with Gasteiger partial charge in [-0.2, -0.15) is 5.10 Å². The first-order chi connectivity index (χ1) is 16.1. The standard InChI is InChI=1S/C24H31N3O5S/c1-4-5-8-13-32-18-12-11-16(14-19(18)30-2)15-25-27-24(29)26-22-21(23(28)31-3)17-9-6-7-10-20(17)33-22/h11-12,14-15H,4-10,13H2,1-3H3,(H2,26,27,29). The number of fused-ring (bicyclic) bond motifs is 1. The summed E-state index contributed by atoms with van der Waals surface area (Å²) in [6.07, 6.45) is 8.59. The second-order valence-electron chi connectivity index (χ2n) is 7.70. The zero-order valence-electron chi connectivity index (χ0n) is 19.4. The van der Waals surface area contributed by atoms with Crippen LogP contribution in [0.4, 0.5) is 9.80 Å². The third-order valence-corrected chi connectivity index (χ3v) is 6.57. The summed E-state index contributed by atoms with van der Waals surface area (Å²) in [6.45, 7) is 2.79. The summed E-state index contributed by atoms with van der Waals surface area (Å²) < 4.78 is 16.1. The molecule has 0 fully saturated rings. The van der Waals surface area contributed by atoms with Gasteiger partial charge in [0.25, 0.3) is 0 Å². The van der Waals surface area contributed by atoms with Crippen molar-refractivity contribution in [1.29, 1.82) is 0 Å². The van der Waals surface area contributed by atoms with Crippen LogP contribution in [-0.2, 0) is 17.6 Å². The van der Waals surface area contributed by atoms with Crippen LogP contribution in [0.15, 0.2) is 23.3 Å². The van der Waals surface area contributed by atoms with Crippen molar-refractivity contribution in [2.24, 2.45) is 5.10 Å². The summed E-state index contributed by atoms with van der Waals surface area (Å²) >= 11 is 1.42. The number of hydrogen-bond acceptors (Lipinski definition) is 7. The highest BCUT2D eigenvalue weighted by molar-refractivity contribution is 7.17. The minimum atomic E-state index is -0.530. The fourth-order valence-corrected chi connectivity index (χ4v) is 4.96. The van der Waals surface area contributed by atoms with E-state index in [0.717, 1.165) is 60.9 Å². The van der Waals surface area contributed by atoms with Gasteiger partial charge in [-0.15, -0.1) is 11.3 Å². The molecule has 0 radical (unpaired) electrons. The Morgan fingerprint density at radius 3 is 2.73 bits per heavy atom. The van der Waals surface area contributed by atoms with Crippen molar-refractivity contribution in [1.82, 2.24) is 5.43 Å². The second kappa shape index (κ2) is 12.2. The number of nitrogens with zero attached hydrogens (tertiary/aromatic N) is 1. The number of ether oxygens (including phenoxy) is 3. The van der Waals surface area contributed by atoms with Gasteiger partial charge in [0.05, 0.1) is 32.6 Å². The quantitative estimate of drug-likeness (QED) is 0.215. The van der Waals surface area contributed by atoms with Crippen molar-refractivity contribution in [3.8, 4) is 11.5 Å². The van der Waals surface area contributed by atoms with Crippen LogP contribution in [0, 0.1) is 0 Å². The number of unbranched alkanes of at least 4 members (excludes halogenated alkanes) is 2. The lowest BCUT2D eigenvalue weighted by atomic mass is 9.95. The maximum absolute atomic E-state index is 12.4. The van der Waals surface area contributed by atoms with E-state index >= 15 is 0 Å². The van der Waals surface area contributed by atoms with Gasteiger partial charge in [-0.3, -0.25) is 5.32 Å². The van der Waals surface area contributed by atoms with Gasteiger partial charge < -0.3 is 14.2 Å². The third kappa shape index (κ3) is 6.47. The molecule has 2 amide bonds. The molecule has 9 heteroatoms. The molecule has 2 aromatic rings. The van der Waals surface area contributed by atoms with Gasteiger partial charge >= 0.3 is 12.0 Å². The Labute approximate surface area is 198 Å². The van der Waals surface area contributed by atoms with Gasteiger partial charge in [-0.05, 0) is 61.4 Å². The predicted octanol–water partition coefficient (Wildman–Crippen LogP) is 5.15. The molecule has 3 rings (SSSR count). The molecule has 2 N–H and O–H groups in total.